The van der Waals surface area contributed by atoms with Gasteiger partial charge in [-0.05, 0) is 49.8 Å². The molecule has 2 fully saturated rings. The lowest BCUT2D eigenvalue weighted by atomic mass is 9.77. The number of hydrogen-bond acceptors (Lipinski definition) is 3. The molecule has 1 aromatic carbocycles. The predicted octanol–water partition coefficient (Wildman–Crippen LogP) is 2.92. The summed E-state index contributed by atoms with van der Waals surface area (Å²) in [7, 11) is 0. The molecule has 0 bridgehead atoms. The van der Waals surface area contributed by atoms with E-state index in [1.54, 1.807) is 0 Å². The molecule has 6 nitrogen and oxygen atoms in total. The Balaban J connectivity index is 1.66. The van der Waals surface area contributed by atoms with E-state index >= 15 is 0 Å². The van der Waals surface area contributed by atoms with Crippen LogP contribution in [0.5, 0.6) is 0 Å². The molecule has 134 valence electrons. The van der Waals surface area contributed by atoms with Gasteiger partial charge < -0.3 is 10.6 Å². The lowest BCUT2D eigenvalue weighted by Gasteiger charge is -2.33. The molecule has 1 heterocycles. The van der Waals surface area contributed by atoms with Crippen LogP contribution < -0.4 is 10.6 Å². The minimum atomic E-state index is -0.879. The third-order valence-corrected chi connectivity index (χ3v) is 5.19. The van der Waals surface area contributed by atoms with E-state index in [1.807, 2.05) is 0 Å². The number of anilines is 1. The second kappa shape index (κ2) is 6.63. The van der Waals surface area contributed by atoms with Crippen molar-refractivity contribution in [1.29, 1.82) is 0 Å². The van der Waals surface area contributed by atoms with Crippen molar-refractivity contribution in [2.24, 2.45) is 5.92 Å². The van der Waals surface area contributed by atoms with Crippen LogP contribution in [0.25, 0.3) is 0 Å². The molecule has 8 heteroatoms. The van der Waals surface area contributed by atoms with E-state index in [2.05, 4.69) is 17.6 Å². The number of imide groups is 1. The zero-order valence-electron chi connectivity index (χ0n) is 13.8. The highest BCUT2D eigenvalue weighted by Gasteiger charge is 2.52. The van der Waals surface area contributed by atoms with E-state index in [9.17, 15) is 18.8 Å². The first-order valence-electron chi connectivity index (χ1n) is 8.20. The SMILES string of the molecule is CC1CCC2(CC1)NC(=O)N(CC(=O)Nc1ccc(Cl)c(F)c1)C2=O. The number of carbonyl (C=O) groups is 3. The van der Waals surface area contributed by atoms with Crippen LogP contribution >= 0.6 is 11.6 Å². The van der Waals surface area contributed by atoms with Gasteiger partial charge in [0.25, 0.3) is 5.91 Å². The highest BCUT2D eigenvalue weighted by Crippen LogP contribution is 2.36. The Morgan fingerprint density at radius 3 is 2.72 bits per heavy atom. The van der Waals surface area contributed by atoms with Crippen LogP contribution in [-0.2, 0) is 9.59 Å². The van der Waals surface area contributed by atoms with E-state index in [0.717, 1.165) is 23.8 Å². The highest BCUT2D eigenvalue weighted by molar-refractivity contribution is 6.30. The third-order valence-electron chi connectivity index (χ3n) is 4.88. The molecule has 1 saturated heterocycles. The van der Waals surface area contributed by atoms with Gasteiger partial charge in [-0.15, -0.1) is 0 Å². The number of halogens is 2. The zero-order chi connectivity index (χ0) is 18.2. The molecule has 4 amide bonds. The number of rotatable bonds is 3. The van der Waals surface area contributed by atoms with Gasteiger partial charge in [0.05, 0.1) is 5.02 Å². The van der Waals surface area contributed by atoms with E-state index in [4.69, 9.17) is 11.6 Å². The van der Waals surface area contributed by atoms with Crippen molar-refractivity contribution >= 4 is 35.1 Å². The van der Waals surface area contributed by atoms with Gasteiger partial charge in [0.1, 0.15) is 17.9 Å². The summed E-state index contributed by atoms with van der Waals surface area (Å²) in [5, 5.41) is 5.17. The molecule has 1 spiro atoms. The number of urea groups is 1. The van der Waals surface area contributed by atoms with Gasteiger partial charge in [0, 0.05) is 5.69 Å². The van der Waals surface area contributed by atoms with Crippen LogP contribution in [0.1, 0.15) is 32.6 Å². The van der Waals surface area contributed by atoms with Crippen molar-refractivity contribution in [3.05, 3.63) is 29.0 Å². The van der Waals surface area contributed by atoms with E-state index in [-0.39, 0.29) is 16.6 Å². The van der Waals surface area contributed by atoms with Crippen molar-refractivity contribution in [3.63, 3.8) is 0 Å². The van der Waals surface area contributed by atoms with Crippen molar-refractivity contribution in [2.45, 2.75) is 38.1 Å². The molecule has 1 aliphatic carbocycles. The second-order valence-electron chi connectivity index (χ2n) is 6.76. The first-order valence-corrected chi connectivity index (χ1v) is 8.57. The molecule has 1 saturated carbocycles. The average Bonchev–Trinajstić information content (AvgIpc) is 2.78. The molecule has 0 aromatic heterocycles. The fraction of sp³-hybridized carbons (Fsp3) is 0.471. The fourth-order valence-electron chi connectivity index (χ4n) is 3.33. The van der Waals surface area contributed by atoms with Crippen molar-refractivity contribution in [2.75, 3.05) is 11.9 Å². The lowest BCUT2D eigenvalue weighted by molar-refractivity contribution is -0.135. The molecular weight excluding hydrogens is 349 g/mol. The number of hydrogen-bond donors (Lipinski definition) is 2. The smallest absolute Gasteiger partial charge is 0.324 e. The number of nitrogens with one attached hydrogen (secondary N) is 2. The van der Waals surface area contributed by atoms with Gasteiger partial charge in [-0.2, -0.15) is 0 Å². The Morgan fingerprint density at radius 2 is 2.08 bits per heavy atom. The van der Waals surface area contributed by atoms with Crippen LogP contribution in [0.4, 0.5) is 14.9 Å². The monoisotopic (exact) mass is 367 g/mol. The Bertz CT molecular complexity index is 732. The largest absolute Gasteiger partial charge is 0.325 e. The van der Waals surface area contributed by atoms with Gasteiger partial charge in [-0.1, -0.05) is 18.5 Å². The van der Waals surface area contributed by atoms with Crippen molar-refractivity contribution in [1.82, 2.24) is 10.2 Å². The second-order valence-corrected chi connectivity index (χ2v) is 7.17. The molecule has 2 aliphatic rings. The van der Waals surface area contributed by atoms with Gasteiger partial charge in [0.15, 0.2) is 0 Å². The van der Waals surface area contributed by atoms with Crippen molar-refractivity contribution in [3.8, 4) is 0 Å². The molecule has 1 aromatic rings. The summed E-state index contributed by atoms with van der Waals surface area (Å²) in [6.45, 7) is 1.71. The standard InChI is InChI=1S/C17H19ClFN3O3/c1-10-4-6-17(7-5-10)15(24)22(16(25)21-17)9-14(23)20-11-2-3-12(18)13(19)8-11/h2-3,8,10H,4-7,9H2,1H3,(H,20,23)(H,21,25). The molecule has 0 radical (unpaired) electrons. The Kier molecular flexibility index (Phi) is 4.69. The van der Waals surface area contributed by atoms with Crippen LogP contribution in [0, 0.1) is 11.7 Å². The Morgan fingerprint density at radius 1 is 1.40 bits per heavy atom. The van der Waals surface area contributed by atoms with E-state index < -0.39 is 29.8 Å². The van der Waals surface area contributed by atoms with Gasteiger partial charge in [0.2, 0.25) is 5.91 Å². The summed E-state index contributed by atoms with van der Waals surface area (Å²) in [6.07, 6.45) is 2.88. The van der Waals surface area contributed by atoms with Gasteiger partial charge in [-0.3, -0.25) is 14.5 Å². The first-order chi connectivity index (χ1) is 11.8. The van der Waals surface area contributed by atoms with Crippen LogP contribution in [0.3, 0.4) is 0 Å². The zero-order valence-corrected chi connectivity index (χ0v) is 14.5. The maximum absolute atomic E-state index is 13.4. The molecule has 25 heavy (non-hydrogen) atoms. The Hall–Kier alpha value is -2.15. The lowest BCUT2D eigenvalue weighted by Crippen LogP contribution is -2.49. The number of carbonyl (C=O) groups excluding carboxylic acids is 3. The minimum absolute atomic E-state index is 0.0550. The third kappa shape index (κ3) is 3.46. The molecule has 0 unspecified atom stereocenters. The summed E-state index contributed by atoms with van der Waals surface area (Å²) >= 11 is 5.59. The summed E-state index contributed by atoms with van der Waals surface area (Å²) < 4.78 is 13.4. The maximum Gasteiger partial charge on any atom is 0.325 e. The molecular formula is C17H19ClFN3O3. The summed E-state index contributed by atoms with van der Waals surface area (Å²) in [4.78, 5) is 37.9. The number of benzene rings is 1. The fourth-order valence-corrected chi connectivity index (χ4v) is 3.45. The van der Waals surface area contributed by atoms with Crippen LogP contribution in [0.15, 0.2) is 18.2 Å². The molecule has 2 N–H and O–H groups in total. The predicted molar refractivity (Wildman–Crippen MR) is 90.6 cm³/mol. The topological polar surface area (TPSA) is 78.5 Å². The first kappa shape index (κ1) is 17.7. The van der Waals surface area contributed by atoms with E-state index in [0.29, 0.717) is 18.8 Å². The minimum Gasteiger partial charge on any atom is -0.324 e. The quantitative estimate of drug-likeness (QED) is 0.806. The van der Waals surface area contributed by atoms with Gasteiger partial charge >= 0.3 is 6.03 Å². The van der Waals surface area contributed by atoms with Crippen LogP contribution in [-0.4, -0.2) is 34.8 Å². The normalized spacial score (nSPS) is 26.0. The summed E-state index contributed by atoms with van der Waals surface area (Å²) in [5.74, 6) is -1.08. The molecule has 3 rings (SSSR count). The van der Waals surface area contributed by atoms with Crippen molar-refractivity contribution < 1.29 is 18.8 Å². The molecule has 0 atom stereocenters. The summed E-state index contributed by atoms with van der Waals surface area (Å²) in [5.41, 5.74) is -0.670. The molecule has 1 aliphatic heterocycles. The Labute approximate surface area is 149 Å². The number of nitrogens with zero attached hydrogens (tertiary/aromatic N) is 1. The maximum atomic E-state index is 13.4. The highest BCUT2D eigenvalue weighted by atomic mass is 35.5. The van der Waals surface area contributed by atoms with E-state index in [1.165, 1.54) is 12.1 Å². The average molecular weight is 368 g/mol. The number of amides is 4. The summed E-state index contributed by atoms with van der Waals surface area (Å²) in [6, 6.07) is 3.28. The van der Waals surface area contributed by atoms with Crippen LogP contribution in [0.2, 0.25) is 5.02 Å². The van der Waals surface area contributed by atoms with Gasteiger partial charge in [-0.25, -0.2) is 9.18 Å².